The number of nitrogens with one attached hydrogen (secondary N) is 1. The number of piperidine rings is 1. The highest BCUT2D eigenvalue weighted by atomic mass is 35.5. The number of thioether (sulfide) groups is 1. The van der Waals surface area contributed by atoms with Gasteiger partial charge in [-0.05, 0) is 80.8 Å². The van der Waals surface area contributed by atoms with Gasteiger partial charge >= 0.3 is 0 Å². The molecule has 2 aromatic rings. The number of carbonyl (C=O) groups excluding carboxylic acids is 2. The molecular weight excluding hydrogens is 519 g/mol. The van der Waals surface area contributed by atoms with E-state index in [1.807, 2.05) is 29.4 Å². The largest absolute Gasteiger partial charge is 0.342 e. The zero-order valence-corrected chi connectivity index (χ0v) is 22.2. The number of hydrogen-bond donors (Lipinski definition) is 1. The molecule has 11 heteroatoms. The molecule has 1 N–H and O–H groups in total. The molecule has 36 heavy (non-hydrogen) atoms. The van der Waals surface area contributed by atoms with E-state index < -0.39 is 5.91 Å². The maximum absolute atomic E-state index is 12.9. The fraction of sp³-hybridized carbons (Fsp3) is 0.320. The Bertz CT molecular complexity index is 1390. The molecule has 0 bridgehead atoms. The van der Waals surface area contributed by atoms with Gasteiger partial charge in [-0.2, -0.15) is 15.1 Å². The lowest BCUT2D eigenvalue weighted by molar-refractivity contribution is -0.130. The Labute approximate surface area is 223 Å². The van der Waals surface area contributed by atoms with Gasteiger partial charge in [0, 0.05) is 29.5 Å². The first-order chi connectivity index (χ1) is 17.2. The van der Waals surface area contributed by atoms with Gasteiger partial charge in [0.1, 0.15) is 5.04 Å². The number of aliphatic imine (C=N–C) groups is 1. The molecular formula is C25H24Cl2N6O2S. The number of aromatic nitrogens is 1. The van der Waals surface area contributed by atoms with Crippen LogP contribution in [0.5, 0.6) is 0 Å². The van der Waals surface area contributed by atoms with E-state index in [2.05, 4.69) is 10.1 Å². The molecule has 2 amide bonds. The van der Waals surface area contributed by atoms with Crippen molar-refractivity contribution < 1.29 is 9.59 Å². The minimum Gasteiger partial charge on any atom is -0.342 e. The maximum Gasteiger partial charge on any atom is 0.283 e. The van der Waals surface area contributed by atoms with Crippen molar-refractivity contribution in [3.05, 3.63) is 56.8 Å². The zero-order valence-electron chi connectivity index (χ0n) is 19.8. The molecule has 1 fully saturated rings. The highest BCUT2D eigenvalue weighted by Crippen LogP contribution is 2.32. The summed E-state index contributed by atoms with van der Waals surface area (Å²) in [5.41, 5.74) is 3.36. The molecule has 0 saturated carbocycles. The Morgan fingerprint density at radius 1 is 1.17 bits per heavy atom. The average Bonchev–Trinajstić information content (AvgIpc) is 3.38. The number of rotatable bonds is 4. The predicted molar refractivity (Wildman–Crippen MR) is 145 cm³/mol. The summed E-state index contributed by atoms with van der Waals surface area (Å²) < 4.78 is 1.96. The first-order valence-corrected chi connectivity index (χ1v) is 13.2. The molecule has 1 aromatic carbocycles. The van der Waals surface area contributed by atoms with E-state index in [0.717, 1.165) is 55.0 Å². The number of carbonyl (C=O) groups is 2. The minimum absolute atomic E-state index is 0.0159. The minimum atomic E-state index is -0.511. The molecule has 186 valence electrons. The molecule has 0 aliphatic carbocycles. The van der Waals surface area contributed by atoms with Gasteiger partial charge in [0.05, 0.1) is 22.7 Å². The van der Waals surface area contributed by atoms with Crippen molar-refractivity contribution in [3.8, 4) is 5.69 Å². The van der Waals surface area contributed by atoms with Gasteiger partial charge in [-0.15, -0.1) is 0 Å². The lowest BCUT2D eigenvalue weighted by atomic mass is 10.1. The van der Waals surface area contributed by atoms with Gasteiger partial charge < -0.3 is 9.47 Å². The van der Waals surface area contributed by atoms with Gasteiger partial charge in [0.25, 0.3) is 5.91 Å². The summed E-state index contributed by atoms with van der Waals surface area (Å²) in [7, 11) is 0. The van der Waals surface area contributed by atoms with Crippen molar-refractivity contribution in [1.82, 2.24) is 14.5 Å². The summed E-state index contributed by atoms with van der Waals surface area (Å²) in [6.45, 7) is 5.38. The Morgan fingerprint density at radius 3 is 2.67 bits per heavy atom. The maximum atomic E-state index is 12.9. The van der Waals surface area contributed by atoms with Crippen molar-refractivity contribution in [2.45, 2.75) is 39.5 Å². The van der Waals surface area contributed by atoms with Crippen LogP contribution in [-0.4, -0.2) is 55.4 Å². The third-order valence-corrected chi connectivity index (χ3v) is 7.89. The third kappa shape index (κ3) is 4.63. The summed E-state index contributed by atoms with van der Waals surface area (Å²) in [5.74, 6) is -0.561. The Kier molecular flexibility index (Phi) is 6.80. The summed E-state index contributed by atoms with van der Waals surface area (Å²) >= 11 is 13.8. The highest BCUT2D eigenvalue weighted by molar-refractivity contribution is 8.27. The highest BCUT2D eigenvalue weighted by Gasteiger charge is 2.36. The number of benzene rings is 1. The van der Waals surface area contributed by atoms with E-state index in [4.69, 9.17) is 28.6 Å². The molecule has 3 aliphatic heterocycles. The van der Waals surface area contributed by atoms with Crippen LogP contribution in [-0.2, 0) is 9.59 Å². The zero-order chi connectivity index (χ0) is 25.6. The second-order valence-corrected chi connectivity index (χ2v) is 10.8. The van der Waals surface area contributed by atoms with Crippen LogP contribution < -0.4 is 0 Å². The number of amides is 2. The normalized spacial score (nSPS) is 19.1. The Balaban J connectivity index is 1.41. The number of fused-ring (bicyclic) bond motifs is 1. The number of hydrogen-bond acceptors (Lipinski definition) is 5. The van der Waals surface area contributed by atoms with E-state index in [1.165, 1.54) is 16.8 Å². The molecule has 4 heterocycles. The molecule has 1 aromatic heterocycles. The van der Waals surface area contributed by atoms with Crippen LogP contribution in [0.1, 0.15) is 42.6 Å². The van der Waals surface area contributed by atoms with Gasteiger partial charge in [0.15, 0.2) is 5.84 Å². The van der Waals surface area contributed by atoms with Crippen LogP contribution in [0.4, 0.5) is 0 Å². The second-order valence-electron chi connectivity index (χ2n) is 8.89. The Morgan fingerprint density at radius 2 is 1.92 bits per heavy atom. The van der Waals surface area contributed by atoms with E-state index in [0.29, 0.717) is 20.3 Å². The van der Waals surface area contributed by atoms with Gasteiger partial charge in [-0.1, -0.05) is 23.2 Å². The number of aryl methyl sites for hydroxylation is 1. The quantitative estimate of drug-likeness (QED) is 0.521. The molecule has 0 unspecified atom stereocenters. The van der Waals surface area contributed by atoms with Crippen LogP contribution >= 0.6 is 35.0 Å². The molecule has 0 spiro atoms. The van der Waals surface area contributed by atoms with Crippen LogP contribution in [0.2, 0.25) is 10.0 Å². The van der Waals surface area contributed by atoms with E-state index in [1.54, 1.807) is 24.3 Å². The lowest BCUT2D eigenvalue weighted by Crippen LogP contribution is -2.36. The monoisotopic (exact) mass is 542 g/mol. The lowest BCUT2D eigenvalue weighted by Gasteiger charge is -2.26. The van der Waals surface area contributed by atoms with Gasteiger partial charge in [0.2, 0.25) is 11.1 Å². The van der Waals surface area contributed by atoms with Gasteiger partial charge in [-0.3, -0.25) is 15.0 Å². The topological polar surface area (TPSA) is 94.1 Å². The Hall–Kier alpha value is -2.88. The smallest absolute Gasteiger partial charge is 0.283 e. The standard InChI is InChI=1S/C25H24Cl2N6O2S/c1-14-10-16(15(2)32(14)20-12-17(26)6-7-19(20)27)11-18-23(28)33-25(29-24(18)35)36-21(30-33)13-22(34)31-8-4-3-5-9-31/h6-7,10-12,28H,3-5,8-9,13H2,1-2H3. The number of nitrogens with zero attached hydrogens (tertiary/aromatic N) is 5. The van der Waals surface area contributed by atoms with Gasteiger partial charge in [-0.25, -0.2) is 0 Å². The number of amidine groups is 2. The molecule has 0 atom stereocenters. The number of likely N-dealkylation sites (tertiary alicyclic amines) is 1. The molecule has 5 rings (SSSR count). The summed E-state index contributed by atoms with van der Waals surface area (Å²) in [6.07, 6.45) is 4.97. The fourth-order valence-electron chi connectivity index (χ4n) is 4.60. The number of halogens is 2. The van der Waals surface area contributed by atoms with Crippen molar-refractivity contribution in [2.24, 2.45) is 10.1 Å². The van der Waals surface area contributed by atoms with Crippen molar-refractivity contribution >= 4 is 68.9 Å². The van der Waals surface area contributed by atoms with Crippen molar-refractivity contribution in [2.75, 3.05) is 13.1 Å². The molecule has 3 aliphatic rings. The summed E-state index contributed by atoms with van der Waals surface area (Å²) in [4.78, 5) is 31.6. The first kappa shape index (κ1) is 24.8. The molecule has 0 radical (unpaired) electrons. The third-order valence-electron chi connectivity index (χ3n) is 6.43. The second kappa shape index (κ2) is 9.88. The fourth-order valence-corrected chi connectivity index (χ4v) is 5.85. The van der Waals surface area contributed by atoms with Crippen LogP contribution in [0.3, 0.4) is 0 Å². The van der Waals surface area contributed by atoms with Crippen molar-refractivity contribution in [3.63, 3.8) is 0 Å². The van der Waals surface area contributed by atoms with Crippen molar-refractivity contribution in [1.29, 1.82) is 5.41 Å². The predicted octanol–water partition coefficient (Wildman–Crippen LogP) is 5.42. The van der Waals surface area contributed by atoms with Crippen LogP contribution in [0.15, 0.2) is 39.9 Å². The molecule has 8 nitrogen and oxygen atoms in total. The SMILES string of the molecule is Cc1cc(C=C2C(=N)N3N=C(CC(=O)N4CCCCC4)SC3=NC2=O)c(C)n1-c1cc(Cl)ccc1Cl. The van der Waals surface area contributed by atoms with E-state index in [9.17, 15) is 9.59 Å². The average molecular weight is 543 g/mol. The summed E-state index contributed by atoms with van der Waals surface area (Å²) in [6, 6.07) is 7.17. The summed E-state index contributed by atoms with van der Waals surface area (Å²) in [5, 5.41) is 16.4. The van der Waals surface area contributed by atoms with E-state index in [-0.39, 0.29) is 23.7 Å². The van der Waals surface area contributed by atoms with Crippen LogP contribution in [0.25, 0.3) is 11.8 Å². The molecule has 1 saturated heterocycles. The van der Waals surface area contributed by atoms with E-state index >= 15 is 0 Å². The number of hydrazone groups is 1. The van der Waals surface area contributed by atoms with Crippen LogP contribution in [0, 0.1) is 19.3 Å². The first-order valence-electron chi connectivity index (χ1n) is 11.6.